The summed E-state index contributed by atoms with van der Waals surface area (Å²) in [5.74, 6) is 0.840. The molecule has 0 spiro atoms. The van der Waals surface area contributed by atoms with Crippen molar-refractivity contribution in [2.75, 3.05) is 0 Å². The highest BCUT2D eigenvalue weighted by Crippen LogP contribution is 2.58. The van der Waals surface area contributed by atoms with Crippen molar-refractivity contribution in [3.63, 3.8) is 0 Å². The first-order chi connectivity index (χ1) is 10.4. The molecule has 2 aliphatic carbocycles. The number of benzene rings is 1. The summed E-state index contributed by atoms with van der Waals surface area (Å²) >= 11 is 0. The van der Waals surface area contributed by atoms with Gasteiger partial charge in [-0.2, -0.15) is 8.42 Å². The third kappa shape index (κ3) is 1.76. The van der Waals surface area contributed by atoms with Crippen molar-refractivity contribution in [3.8, 4) is 5.75 Å². The molecule has 0 saturated heterocycles. The predicted octanol–water partition coefficient (Wildman–Crippen LogP) is 3.28. The van der Waals surface area contributed by atoms with Gasteiger partial charge in [0.1, 0.15) is 0 Å². The summed E-state index contributed by atoms with van der Waals surface area (Å²) in [7, 11) is -3.82. The van der Waals surface area contributed by atoms with Gasteiger partial charge in [0.25, 0.3) is 0 Å². The van der Waals surface area contributed by atoms with Gasteiger partial charge < -0.3 is 4.18 Å². The van der Waals surface area contributed by atoms with Crippen molar-refractivity contribution in [2.24, 2.45) is 9.81 Å². The highest BCUT2D eigenvalue weighted by atomic mass is 32.2. The number of fused-ring (bicyclic) bond motifs is 5. The largest absolute Gasteiger partial charge is 0.428 e. The minimum Gasteiger partial charge on any atom is -0.365 e. The number of rotatable bonds is 0. The molecule has 0 N–H and O–H groups in total. The van der Waals surface area contributed by atoms with Gasteiger partial charge in [-0.25, -0.2) is 0 Å². The quantitative estimate of drug-likeness (QED) is 0.690. The number of hydrogen-bond acceptors (Lipinski definition) is 3. The molecule has 0 radical (unpaired) electrons. The number of nitrogens with zero attached hydrogens (tertiary/aromatic N) is 1. The van der Waals surface area contributed by atoms with E-state index in [1.807, 2.05) is 6.07 Å². The Hall–Kier alpha value is -1.84. The van der Waals surface area contributed by atoms with Crippen molar-refractivity contribution in [1.29, 1.82) is 0 Å². The van der Waals surface area contributed by atoms with Crippen LogP contribution in [0.4, 0.5) is 0 Å². The monoisotopic (exact) mass is 315 g/mol. The smallest absolute Gasteiger partial charge is 0.365 e. The third-order valence-electron chi connectivity index (χ3n) is 5.48. The van der Waals surface area contributed by atoms with Crippen LogP contribution in [0.25, 0.3) is 0 Å². The van der Waals surface area contributed by atoms with Gasteiger partial charge in [0.15, 0.2) is 5.75 Å². The standard InChI is InChI=1S/C17H17NO3S/c1-3-11-4-6-15-13-5-7-16-14(10-18-22(19,20)21-16)12(13)8-9-17(11,15)2/h5,7,10,15H,1,4,6,8-9H2,2H3/t15-,17+/m0/s1. The minimum absolute atomic E-state index is 0.127. The fourth-order valence-electron chi connectivity index (χ4n) is 4.33. The van der Waals surface area contributed by atoms with Gasteiger partial charge >= 0.3 is 10.3 Å². The molecule has 2 atom stereocenters. The first-order valence-corrected chi connectivity index (χ1v) is 8.86. The molecular formula is C17H17NO3S. The van der Waals surface area contributed by atoms with Crippen molar-refractivity contribution >= 4 is 16.5 Å². The minimum atomic E-state index is -3.82. The molecule has 1 aromatic rings. The van der Waals surface area contributed by atoms with E-state index in [1.54, 1.807) is 6.07 Å². The van der Waals surface area contributed by atoms with Crippen LogP contribution in [0.5, 0.6) is 5.75 Å². The molecule has 1 saturated carbocycles. The van der Waals surface area contributed by atoms with E-state index >= 15 is 0 Å². The fourth-order valence-corrected chi connectivity index (χ4v) is 4.98. The maximum atomic E-state index is 11.5. The lowest BCUT2D eigenvalue weighted by Gasteiger charge is -2.39. The summed E-state index contributed by atoms with van der Waals surface area (Å²) in [5, 5.41) is 0. The highest BCUT2D eigenvalue weighted by Gasteiger charge is 2.47. The Labute approximate surface area is 130 Å². The summed E-state index contributed by atoms with van der Waals surface area (Å²) in [6, 6.07) is 3.79. The van der Waals surface area contributed by atoms with E-state index in [4.69, 9.17) is 4.18 Å². The lowest BCUT2D eigenvalue weighted by atomic mass is 9.65. The SMILES string of the molecule is C=C=C1CC[C@H]2c3ccc4c(c3CC[C@]12C)C=NS(=O)(=O)O4. The molecule has 0 bridgehead atoms. The van der Waals surface area contributed by atoms with Crippen LogP contribution in [0, 0.1) is 5.41 Å². The molecule has 4 rings (SSSR count). The maximum Gasteiger partial charge on any atom is 0.428 e. The average molecular weight is 315 g/mol. The highest BCUT2D eigenvalue weighted by molar-refractivity contribution is 7.86. The van der Waals surface area contributed by atoms with Crippen LogP contribution in [0.1, 0.15) is 48.8 Å². The first kappa shape index (κ1) is 13.8. The van der Waals surface area contributed by atoms with E-state index in [-0.39, 0.29) is 5.41 Å². The molecule has 0 amide bonds. The topological polar surface area (TPSA) is 55.7 Å². The molecule has 4 nitrogen and oxygen atoms in total. The van der Waals surface area contributed by atoms with Gasteiger partial charge in [-0.3, -0.25) is 0 Å². The average Bonchev–Trinajstić information content (AvgIpc) is 2.82. The lowest BCUT2D eigenvalue weighted by molar-refractivity contribution is 0.306. The number of hydrogen-bond donors (Lipinski definition) is 0. The van der Waals surface area contributed by atoms with Crippen LogP contribution in [0.3, 0.4) is 0 Å². The second-order valence-corrected chi connectivity index (χ2v) is 7.69. The summed E-state index contributed by atoms with van der Waals surface area (Å²) in [6.07, 6.45) is 5.50. The van der Waals surface area contributed by atoms with E-state index in [0.717, 1.165) is 31.2 Å². The zero-order chi connectivity index (χ0) is 15.5. The molecule has 1 heterocycles. The summed E-state index contributed by atoms with van der Waals surface area (Å²) in [4.78, 5) is 0. The van der Waals surface area contributed by atoms with Gasteiger partial charge in [-0.05, 0) is 54.4 Å². The number of allylic oxidation sites excluding steroid dienone is 1. The first-order valence-electron chi connectivity index (χ1n) is 7.49. The van der Waals surface area contributed by atoms with E-state index < -0.39 is 10.3 Å². The fraction of sp³-hybridized carbons (Fsp3) is 0.412. The van der Waals surface area contributed by atoms with Crippen LogP contribution in [0.15, 0.2) is 34.4 Å². The Morgan fingerprint density at radius 1 is 1.41 bits per heavy atom. The van der Waals surface area contributed by atoms with E-state index in [0.29, 0.717) is 11.7 Å². The molecule has 0 unspecified atom stereocenters. The second kappa shape index (κ2) is 4.34. The molecule has 114 valence electrons. The zero-order valence-corrected chi connectivity index (χ0v) is 13.2. The summed E-state index contributed by atoms with van der Waals surface area (Å²) < 4.78 is 31.5. The van der Waals surface area contributed by atoms with Crippen LogP contribution in [-0.4, -0.2) is 14.6 Å². The predicted molar refractivity (Wildman–Crippen MR) is 84.6 cm³/mol. The molecule has 1 fully saturated rings. The van der Waals surface area contributed by atoms with Gasteiger partial charge in [-0.1, -0.05) is 19.6 Å². The molecule has 3 aliphatic rings. The van der Waals surface area contributed by atoms with Gasteiger partial charge in [0, 0.05) is 11.0 Å². The normalized spacial score (nSPS) is 30.8. The Morgan fingerprint density at radius 2 is 2.23 bits per heavy atom. The van der Waals surface area contributed by atoms with Gasteiger partial charge in [0.2, 0.25) is 0 Å². The molecule has 22 heavy (non-hydrogen) atoms. The van der Waals surface area contributed by atoms with Crippen molar-refractivity contribution in [1.82, 2.24) is 0 Å². The van der Waals surface area contributed by atoms with E-state index in [9.17, 15) is 8.42 Å². The second-order valence-electron chi connectivity index (χ2n) is 6.45. The van der Waals surface area contributed by atoms with Crippen LogP contribution in [0.2, 0.25) is 0 Å². The van der Waals surface area contributed by atoms with Gasteiger partial charge in [0.05, 0.1) is 6.21 Å². The van der Waals surface area contributed by atoms with Crippen LogP contribution >= 0.6 is 0 Å². The Balaban J connectivity index is 1.88. The van der Waals surface area contributed by atoms with E-state index in [2.05, 4.69) is 23.6 Å². The van der Waals surface area contributed by atoms with Crippen molar-refractivity contribution in [3.05, 3.63) is 46.7 Å². The van der Waals surface area contributed by atoms with Crippen molar-refractivity contribution in [2.45, 2.75) is 38.5 Å². The molecular weight excluding hydrogens is 298 g/mol. The van der Waals surface area contributed by atoms with Crippen molar-refractivity contribution < 1.29 is 12.6 Å². The Kier molecular flexibility index (Phi) is 2.72. The van der Waals surface area contributed by atoms with E-state index in [1.165, 1.54) is 22.9 Å². The molecule has 1 aromatic carbocycles. The molecule has 5 heteroatoms. The summed E-state index contributed by atoms with van der Waals surface area (Å²) in [5.41, 5.74) is 7.90. The van der Waals surface area contributed by atoms with Crippen LogP contribution < -0.4 is 4.18 Å². The summed E-state index contributed by atoms with van der Waals surface area (Å²) in [6.45, 7) is 6.15. The lowest BCUT2D eigenvalue weighted by Crippen LogP contribution is -2.29. The Bertz CT molecular complexity index is 862. The van der Waals surface area contributed by atoms with Gasteiger partial charge in [-0.15, -0.1) is 10.1 Å². The molecule has 1 aliphatic heterocycles. The molecule has 0 aromatic heterocycles. The van der Waals surface area contributed by atoms with Crippen LogP contribution in [-0.2, 0) is 16.7 Å². The maximum absolute atomic E-state index is 11.5. The Morgan fingerprint density at radius 3 is 3.00 bits per heavy atom. The zero-order valence-electron chi connectivity index (χ0n) is 12.4. The third-order valence-corrected chi connectivity index (χ3v) is 6.24.